The highest BCUT2D eigenvalue weighted by atomic mass is 16.5. The Morgan fingerprint density at radius 2 is 2.19 bits per heavy atom. The predicted molar refractivity (Wildman–Crippen MR) is 98.6 cm³/mol. The lowest BCUT2D eigenvalue weighted by Crippen LogP contribution is -2.37. The Morgan fingerprint density at radius 3 is 2.96 bits per heavy atom. The lowest BCUT2D eigenvalue weighted by molar-refractivity contribution is -0.122. The van der Waals surface area contributed by atoms with Crippen LogP contribution in [0.3, 0.4) is 0 Å². The highest BCUT2D eigenvalue weighted by Crippen LogP contribution is 2.30. The first-order valence-corrected chi connectivity index (χ1v) is 9.34. The fraction of sp³-hybridized carbons (Fsp3) is 0.500. The van der Waals surface area contributed by atoms with E-state index in [9.17, 15) is 4.79 Å². The highest BCUT2D eigenvalue weighted by Gasteiger charge is 2.30. The van der Waals surface area contributed by atoms with E-state index in [0.29, 0.717) is 6.54 Å². The number of methoxy groups -OCH3 is 1. The van der Waals surface area contributed by atoms with Crippen molar-refractivity contribution in [2.24, 2.45) is 5.92 Å². The first-order valence-electron chi connectivity index (χ1n) is 9.34. The van der Waals surface area contributed by atoms with Crippen molar-refractivity contribution in [3.8, 4) is 5.75 Å². The van der Waals surface area contributed by atoms with Crippen LogP contribution in [0.4, 0.5) is 0 Å². The van der Waals surface area contributed by atoms with Gasteiger partial charge in [0.05, 0.1) is 31.6 Å². The van der Waals surface area contributed by atoms with E-state index in [1.165, 1.54) is 5.56 Å². The summed E-state index contributed by atoms with van der Waals surface area (Å²) in [4.78, 5) is 19.0. The molecule has 2 aromatic rings. The van der Waals surface area contributed by atoms with Crippen LogP contribution in [0.15, 0.2) is 30.5 Å². The van der Waals surface area contributed by atoms with Crippen molar-refractivity contribution in [1.82, 2.24) is 19.8 Å². The van der Waals surface area contributed by atoms with Crippen molar-refractivity contribution in [3.63, 3.8) is 0 Å². The molecule has 0 bridgehead atoms. The number of nitrogens with one attached hydrogen (secondary N) is 1. The monoisotopic (exact) mass is 354 g/mol. The fourth-order valence-corrected chi connectivity index (χ4v) is 3.63. The Kier molecular flexibility index (Phi) is 4.68. The maximum Gasteiger partial charge on any atom is 0.223 e. The Labute approximate surface area is 154 Å². The van der Waals surface area contributed by atoms with Crippen LogP contribution in [0.5, 0.6) is 5.75 Å². The molecule has 26 heavy (non-hydrogen) atoms. The maximum absolute atomic E-state index is 11.9. The van der Waals surface area contributed by atoms with Gasteiger partial charge in [-0.05, 0) is 37.5 Å². The van der Waals surface area contributed by atoms with Crippen LogP contribution in [0.2, 0.25) is 0 Å². The van der Waals surface area contributed by atoms with Gasteiger partial charge in [-0.25, -0.2) is 4.98 Å². The fourth-order valence-electron chi connectivity index (χ4n) is 3.63. The third-order valence-electron chi connectivity index (χ3n) is 5.41. The average Bonchev–Trinajstić information content (AvgIpc) is 3.43. The molecule has 0 spiro atoms. The van der Waals surface area contributed by atoms with Gasteiger partial charge in [0.15, 0.2) is 0 Å². The minimum Gasteiger partial charge on any atom is -0.497 e. The summed E-state index contributed by atoms with van der Waals surface area (Å²) in [5.41, 5.74) is 2.34. The Hall–Kier alpha value is -2.34. The van der Waals surface area contributed by atoms with Crippen LogP contribution in [-0.2, 0) is 24.4 Å². The minimum absolute atomic E-state index is 0.184. The molecule has 1 atom stereocenters. The Morgan fingerprint density at radius 1 is 1.35 bits per heavy atom. The van der Waals surface area contributed by atoms with Crippen molar-refractivity contribution < 1.29 is 9.53 Å². The third-order valence-corrected chi connectivity index (χ3v) is 5.41. The number of amides is 1. The van der Waals surface area contributed by atoms with Crippen LogP contribution < -0.4 is 10.1 Å². The minimum atomic E-state index is 0.184. The summed E-state index contributed by atoms with van der Waals surface area (Å²) in [7, 11) is 1.70. The number of hydrogen-bond donors (Lipinski definition) is 1. The summed E-state index contributed by atoms with van der Waals surface area (Å²) in [6, 6.07) is 8.47. The molecule has 0 saturated heterocycles. The number of imidazole rings is 1. The van der Waals surface area contributed by atoms with Crippen molar-refractivity contribution in [2.45, 2.75) is 45.4 Å². The number of aromatic nitrogens is 2. The molecule has 4 rings (SSSR count). The van der Waals surface area contributed by atoms with Crippen molar-refractivity contribution in [1.29, 1.82) is 0 Å². The van der Waals surface area contributed by atoms with Gasteiger partial charge in [0, 0.05) is 25.6 Å². The number of carbonyl (C=O) groups is 1. The molecule has 1 N–H and O–H groups in total. The molecule has 1 fully saturated rings. The third kappa shape index (κ3) is 3.46. The van der Waals surface area contributed by atoms with Gasteiger partial charge < -0.3 is 14.6 Å². The molecule has 1 unspecified atom stereocenters. The van der Waals surface area contributed by atoms with Gasteiger partial charge in [-0.2, -0.15) is 0 Å². The Balaban J connectivity index is 1.43. The second kappa shape index (κ2) is 7.11. The summed E-state index contributed by atoms with van der Waals surface area (Å²) < 4.78 is 7.59. The Bertz CT molecular complexity index is 797. The summed E-state index contributed by atoms with van der Waals surface area (Å²) in [5, 5.41) is 3.05. The molecule has 1 aromatic heterocycles. The van der Waals surface area contributed by atoms with Gasteiger partial charge in [-0.1, -0.05) is 12.1 Å². The smallest absolute Gasteiger partial charge is 0.223 e. The zero-order valence-electron chi connectivity index (χ0n) is 15.4. The number of nitrogens with zero attached hydrogens (tertiary/aromatic N) is 3. The second-order valence-corrected chi connectivity index (χ2v) is 7.25. The highest BCUT2D eigenvalue weighted by molar-refractivity contribution is 5.80. The van der Waals surface area contributed by atoms with Crippen LogP contribution >= 0.6 is 0 Å². The summed E-state index contributed by atoms with van der Waals surface area (Å²) in [5.74, 6) is 2.40. The summed E-state index contributed by atoms with van der Waals surface area (Å²) >= 11 is 0. The molecule has 6 nitrogen and oxygen atoms in total. The van der Waals surface area contributed by atoms with Gasteiger partial charge >= 0.3 is 0 Å². The zero-order valence-corrected chi connectivity index (χ0v) is 15.4. The van der Waals surface area contributed by atoms with Gasteiger partial charge in [0.1, 0.15) is 11.6 Å². The van der Waals surface area contributed by atoms with Gasteiger partial charge in [0.25, 0.3) is 0 Å². The molecule has 1 saturated carbocycles. The van der Waals surface area contributed by atoms with Gasteiger partial charge in [-0.15, -0.1) is 0 Å². The van der Waals surface area contributed by atoms with Crippen LogP contribution in [0.25, 0.3) is 0 Å². The number of fused-ring (bicyclic) bond motifs is 1. The number of carbonyl (C=O) groups excluding carboxylic acids is 1. The average molecular weight is 354 g/mol. The molecule has 1 amide bonds. The lowest BCUT2D eigenvalue weighted by Gasteiger charge is -2.34. The van der Waals surface area contributed by atoms with Gasteiger partial charge in [-0.3, -0.25) is 9.69 Å². The first-order chi connectivity index (χ1) is 12.7. The summed E-state index contributed by atoms with van der Waals surface area (Å²) in [6.07, 6.45) is 3.98. The number of benzene rings is 1. The molecule has 1 aromatic carbocycles. The maximum atomic E-state index is 11.9. The van der Waals surface area contributed by atoms with E-state index in [-0.39, 0.29) is 17.9 Å². The molecule has 6 heteroatoms. The molecule has 1 aliphatic heterocycles. The summed E-state index contributed by atoms with van der Waals surface area (Å²) in [6.45, 7) is 5.51. The van der Waals surface area contributed by atoms with Crippen molar-refractivity contribution in [2.75, 3.05) is 13.7 Å². The molecule has 0 radical (unpaired) electrons. The predicted octanol–water partition coefficient (Wildman–Crippen LogP) is 2.49. The zero-order chi connectivity index (χ0) is 18.1. The van der Waals surface area contributed by atoms with E-state index in [0.717, 1.165) is 49.7 Å². The van der Waals surface area contributed by atoms with E-state index >= 15 is 0 Å². The van der Waals surface area contributed by atoms with E-state index < -0.39 is 0 Å². The van der Waals surface area contributed by atoms with Crippen molar-refractivity contribution in [3.05, 3.63) is 47.5 Å². The van der Waals surface area contributed by atoms with Crippen LogP contribution in [-0.4, -0.2) is 34.0 Å². The molecular weight excluding hydrogens is 328 g/mol. The van der Waals surface area contributed by atoms with E-state index in [1.807, 2.05) is 18.3 Å². The van der Waals surface area contributed by atoms with E-state index in [1.54, 1.807) is 7.11 Å². The molecule has 1 aliphatic carbocycles. The standard InChI is InChI=1S/C20H26N4O2/c1-14-19-21-11-17(12-22-20(25)16-6-7-16)24(19)9-8-23(14)13-15-4-3-5-18(10-15)26-2/h3-5,10-11,14,16H,6-9,12-13H2,1-2H3,(H,22,25). The van der Waals surface area contributed by atoms with Crippen LogP contribution in [0.1, 0.15) is 42.9 Å². The van der Waals surface area contributed by atoms with E-state index in [4.69, 9.17) is 4.74 Å². The molecule has 2 aliphatic rings. The van der Waals surface area contributed by atoms with Crippen LogP contribution in [0, 0.1) is 5.92 Å². The van der Waals surface area contributed by atoms with Gasteiger partial charge in [0.2, 0.25) is 5.91 Å². The molecule has 2 heterocycles. The largest absolute Gasteiger partial charge is 0.497 e. The number of rotatable bonds is 6. The molecular formula is C20H26N4O2. The topological polar surface area (TPSA) is 59.4 Å². The first kappa shape index (κ1) is 17.1. The van der Waals surface area contributed by atoms with Crippen molar-refractivity contribution >= 4 is 5.91 Å². The second-order valence-electron chi connectivity index (χ2n) is 7.25. The molecule has 138 valence electrons. The lowest BCUT2D eigenvalue weighted by atomic mass is 10.1. The SMILES string of the molecule is COc1cccc(CN2CCn3c(CNC(=O)C4CC4)cnc3C2C)c1. The quantitative estimate of drug-likeness (QED) is 0.866. The number of ether oxygens (including phenoxy) is 1. The van der Waals surface area contributed by atoms with E-state index in [2.05, 4.69) is 38.8 Å². The normalized spacial score (nSPS) is 19.8. The number of hydrogen-bond acceptors (Lipinski definition) is 4.